The molecule has 0 spiro atoms. The summed E-state index contributed by atoms with van der Waals surface area (Å²) in [5.74, 6) is 1.34. The predicted molar refractivity (Wildman–Crippen MR) is 99.8 cm³/mol. The van der Waals surface area contributed by atoms with E-state index in [1.54, 1.807) is 0 Å². The number of aryl methyl sites for hydroxylation is 1. The van der Waals surface area contributed by atoms with Crippen LogP contribution < -0.4 is 10.1 Å². The fraction of sp³-hybridized carbons (Fsp3) is 0.350. The quantitative estimate of drug-likeness (QED) is 0.701. The zero-order valence-corrected chi connectivity index (χ0v) is 15.0. The molecule has 4 heteroatoms. The maximum absolute atomic E-state index is 12.0. The van der Waals surface area contributed by atoms with E-state index < -0.39 is 0 Å². The van der Waals surface area contributed by atoms with Crippen molar-refractivity contribution < 1.29 is 9.53 Å². The highest BCUT2D eigenvalue weighted by molar-refractivity contribution is 6.30. The highest BCUT2D eigenvalue weighted by atomic mass is 35.5. The molecular weight excluding hydrogens is 322 g/mol. The zero-order valence-electron chi connectivity index (χ0n) is 14.2. The topological polar surface area (TPSA) is 38.3 Å². The van der Waals surface area contributed by atoms with Gasteiger partial charge in [-0.2, -0.15) is 0 Å². The number of ether oxygens (including phenoxy) is 1. The van der Waals surface area contributed by atoms with Crippen molar-refractivity contribution >= 4 is 23.2 Å². The molecule has 0 aliphatic heterocycles. The monoisotopic (exact) mass is 345 g/mol. The average Bonchev–Trinajstić information content (AvgIpc) is 2.56. The van der Waals surface area contributed by atoms with E-state index in [-0.39, 0.29) is 5.91 Å². The van der Waals surface area contributed by atoms with Gasteiger partial charge in [-0.15, -0.1) is 0 Å². The van der Waals surface area contributed by atoms with Gasteiger partial charge in [0, 0.05) is 17.1 Å². The van der Waals surface area contributed by atoms with Crippen LogP contribution in [0.15, 0.2) is 48.5 Å². The molecule has 1 amide bonds. The smallest absolute Gasteiger partial charge is 0.224 e. The third kappa shape index (κ3) is 6.63. The lowest BCUT2D eigenvalue weighted by atomic mass is 10.1. The first-order chi connectivity index (χ1) is 11.5. The molecule has 0 atom stereocenters. The Bertz CT molecular complexity index is 636. The van der Waals surface area contributed by atoms with Gasteiger partial charge in [0.2, 0.25) is 5.91 Å². The minimum atomic E-state index is 0.0276. The standard InChI is InChI=1S/C20H24ClNO2/c1-15(2)14-24-19-12-10-18(11-13-19)22-20(23)5-3-4-16-6-8-17(21)9-7-16/h6-13,15H,3-5,14H2,1-2H3,(H,22,23). The van der Waals surface area contributed by atoms with Crippen molar-refractivity contribution in [3.63, 3.8) is 0 Å². The molecular formula is C20H24ClNO2. The van der Waals surface area contributed by atoms with Gasteiger partial charge >= 0.3 is 0 Å². The van der Waals surface area contributed by atoms with Gasteiger partial charge in [-0.25, -0.2) is 0 Å². The maximum atomic E-state index is 12.0. The van der Waals surface area contributed by atoms with E-state index in [2.05, 4.69) is 19.2 Å². The molecule has 0 radical (unpaired) electrons. The largest absolute Gasteiger partial charge is 0.493 e. The predicted octanol–water partition coefficient (Wildman–Crippen LogP) is 5.34. The fourth-order valence-corrected chi connectivity index (χ4v) is 2.35. The summed E-state index contributed by atoms with van der Waals surface area (Å²) in [5.41, 5.74) is 1.99. The number of carbonyl (C=O) groups is 1. The SMILES string of the molecule is CC(C)COc1ccc(NC(=O)CCCc2ccc(Cl)cc2)cc1. The minimum absolute atomic E-state index is 0.0276. The second-order valence-corrected chi connectivity index (χ2v) is 6.69. The Morgan fingerprint density at radius 1 is 1.08 bits per heavy atom. The Morgan fingerprint density at radius 2 is 1.75 bits per heavy atom. The lowest BCUT2D eigenvalue weighted by Crippen LogP contribution is -2.11. The number of carbonyl (C=O) groups excluding carboxylic acids is 1. The molecule has 1 N–H and O–H groups in total. The van der Waals surface area contributed by atoms with Gasteiger partial charge in [-0.05, 0) is 60.7 Å². The Morgan fingerprint density at radius 3 is 2.38 bits per heavy atom. The van der Waals surface area contributed by atoms with Crippen LogP contribution in [-0.4, -0.2) is 12.5 Å². The van der Waals surface area contributed by atoms with E-state index >= 15 is 0 Å². The summed E-state index contributed by atoms with van der Waals surface area (Å²) in [7, 11) is 0. The van der Waals surface area contributed by atoms with E-state index in [4.69, 9.17) is 16.3 Å². The number of anilines is 1. The molecule has 3 nitrogen and oxygen atoms in total. The average molecular weight is 346 g/mol. The van der Waals surface area contributed by atoms with Crippen molar-refractivity contribution in [3.8, 4) is 5.75 Å². The van der Waals surface area contributed by atoms with Gasteiger partial charge in [0.15, 0.2) is 0 Å². The van der Waals surface area contributed by atoms with Crippen molar-refractivity contribution in [2.24, 2.45) is 5.92 Å². The summed E-state index contributed by atoms with van der Waals surface area (Å²) >= 11 is 5.86. The summed E-state index contributed by atoms with van der Waals surface area (Å²) in [6, 6.07) is 15.2. The van der Waals surface area contributed by atoms with Crippen molar-refractivity contribution in [2.45, 2.75) is 33.1 Å². The van der Waals surface area contributed by atoms with Crippen LogP contribution in [-0.2, 0) is 11.2 Å². The molecule has 24 heavy (non-hydrogen) atoms. The zero-order chi connectivity index (χ0) is 17.4. The van der Waals surface area contributed by atoms with Crippen molar-refractivity contribution in [3.05, 3.63) is 59.1 Å². The number of amides is 1. The van der Waals surface area contributed by atoms with Crippen LogP contribution in [0.3, 0.4) is 0 Å². The molecule has 0 aromatic heterocycles. The first kappa shape index (κ1) is 18.3. The van der Waals surface area contributed by atoms with Gasteiger partial charge in [0.1, 0.15) is 5.75 Å². The molecule has 0 fully saturated rings. The fourth-order valence-electron chi connectivity index (χ4n) is 2.23. The van der Waals surface area contributed by atoms with E-state index in [0.717, 1.165) is 29.3 Å². The van der Waals surface area contributed by atoms with Gasteiger partial charge in [0.25, 0.3) is 0 Å². The van der Waals surface area contributed by atoms with Gasteiger partial charge in [0.05, 0.1) is 6.61 Å². The van der Waals surface area contributed by atoms with Crippen LogP contribution >= 0.6 is 11.6 Å². The number of hydrogen-bond donors (Lipinski definition) is 1. The summed E-state index contributed by atoms with van der Waals surface area (Å²) < 4.78 is 5.63. The molecule has 128 valence electrons. The van der Waals surface area contributed by atoms with Gasteiger partial charge in [-0.3, -0.25) is 4.79 Å². The van der Waals surface area contributed by atoms with Gasteiger partial charge < -0.3 is 10.1 Å². The van der Waals surface area contributed by atoms with E-state index in [9.17, 15) is 4.79 Å². The summed E-state index contributed by atoms with van der Waals surface area (Å²) in [4.78, 5) is 12.0. The lowest BCUT2D eigenvalue weighted by Gasteiger charge is -2.10. The Balaban J connectivity index is 1.72. The van der Waals surface area contributed by atoms with Crippen LogP contribution in [0.2, 0.25) is 5.02 Å². The summed E-state index contributed by atoms with van der Waals surface area (Å²) in [6.45, 7) is 4.91. The first-order valence-electron chi connectivity index (χ1n) is 8.30. The lowest BCUT2D eigenvalue weighted by molar-refractivity contribution is -0.116. The van der Waals surface area contributed by atoms with Crippen LogP contribution in [0.4, 0.5) is 5.69 Å². The van der Waals surface area contributed by atoms with Crippen LogP contribution in [0.5, 0.6) is 5.75 Å². The second-order valence-electron chi connectivity index (χ2n) is 6.26. The summed E-state index contributed by atoms with van der Waals surface area (Å²) in [6.07, 6.45) is 2.17. The molecule has 2 aromatic rings. The number of nitrogens with one attached hydrogen (secondary N) is 1. The number of hydrogen-bond acceptors (Lipinski definition) is 2. The molecule has 0 saturated carbocycles. The highest BCUT2D eigenvalue weighted by Crippen LogP contribution is 2.17. The molecule has 0 saturated heterocycles. The Hall–Kier alpha value is -2.00. The van der Waals surface area contributed by atoms with Crippen LogP contribution in [0.25, 0.3) is 0 Å². The van der Waals surface area contributed by atoms with Crippen molar-refractivity contribution in [1.82, 2.24) is 0 Å². The van der Waals surface area contributed by atoms with Crippen LogP contribution in [0.1, 0.15) is 32.3 Å². The molecule has 2 rings (SSSR count). The summed E-state index contributed by atoms with van der Waals surface area (Å²) in [5, 5.41) is 3.65. The number of benzene rings is 2. The molecule has 0 aliphatic carbocycles. The number of rotatable bonds is 8. The van der Waals surface area contributed by atoms with Crippen LogP contribution in [0, 0.1) is 5.92 Å². The van der Waals surface area contributed by atoms with Crippen molar-refractivity contribution in [1.29, 1.82) is 0 Å². The third-order valence-corrected chi connectivity index (χ3v) is 3.76. The van der Waals surface area contributed by atoms with E-state index in [0.29, 0.717) is 18.9 Å². The third-order valence-electron chi connectivity index (χ3n) is 3.50. The van der Waals surface area contributed by atoms with Gasteiger partial charge in [-0.1, -0.05) is 37.6 Å². The molecule has 0 heterocycles. The number of halogens is 1. The molecule has 0 unspecified atom stereocenters. The van der Waals surface area contributed by atoms with E-state index in [1.165, 1.54) is 5.56 Å². The minimum Gasteiger partial charge on any atom is -0.493 e. The highest BCUT2D eigenvalue weighted by Gasteiger charge is 2.04. The Kier molecular flexibility index (Phi) is 7.13. The second kappa shape index (κ2) is 9.33. The molecule has 0 aliphatic rings. The van der Waals surface area contributed by atoms with E-state index in [1.807, 2.05) is 48.5 Å². The Labute approximate surface area is 149 Å². The first-order valence-corrected chi connectivity index (χ1v) is 8.68. The maximum Gasteiger partial charge on any atom is 0.224 e. The van der Waals surface area contributed by atoms with Crippen molar-refractivity contribution in [2.75, 3.05) is 11.9 Å². The molecule has 0 bridgehead atoms. The normalized spacial score (nSPS) is 10.7. The molecule has 2 aromatic carbocycles.